The molecule has 4 rings (SSSR count). The molecular formula is C18H22O. The fraction of sp³-hybridized carbons (Fsp3) is 0.556. The largest absolute Gasteiger partial charge is 0.393 e. The lowest BCUT2D eigenvalue weighted by Gasteiger charge is -2.43. The summed E-state index contributed by atoms with van der Waals surface area (Å²) in [6.45, 7) is 2.32. The summed E-state index contributed by atoms with van der Waals surface area (Å²) in [4.78, 5) is 0. The lowest BCUT2D eigenvalue weighted by atomic mass is 9.62. The van der Waals surface area contributed by atoms with Gasteiger partial charge < -0.3 is 5.11 Å². The van der Waals surface area contributed by atoms with E-state index >= 15 is 0 Å². The highest BCUT2D eigenvalue weighted by atomic mass is 16.3. The lowest BCUT2D eigenvalue weighted by Crippen LogP contribution is -2.37. The Hall–Kier alpha value is -1.08. The van der Waals surface area contributed by atoms with Crippen molar-refractivity contribution in [1.29, 1.82) is 0 Å². The number of fused-ring (bicyclic) bond motifs is 4. The van der Waals surface area contributed by atoms with E-state index in [-0.39, 0.29) is 11.5 Å². The number of aliphatic hydroxyl groups excluding tert-OH is 1. The molecule has 1 N–H and O–H groups in total. The molecule has 1 nitrogen and oxygen atoms in total. The van der Waals surface area contributed by atoms with E-state index in [1.807, 2.05) is 0 Å². The molecule has 0 bridgehead atoms. The molecule has 0 spiro atoms. The highest BCUT2D eigenvalue weighted by molar-refractivity contribution is 5.74. The van der Waals surface area contributed by atoms with E-state index in [2.05, 4.69) is 31.2 Å². The maximum Gasteiger partial charge on any atom is 0.0599 e. The first-order valence-electron chi connectivity index (χ1n) is 7.68. The molecule has 0 aliphatic heterocycles. The molecule has 0 heterocycles. The molecule has 0 saturated heterocycles. The molecule has 1 heteroatoms. The van der Waals surface area contributed by atoms with Gasteiger partial charge in [-0.15, -0.1) is 0 Å². The zero-order valence-electron chi connectivity index (χ0n) is 11.7. The van der Waals surface area contributed by atoms with E-state index in [1.54, 1.807) is 11.1 Å². The van der Waals surface area contributed by atoms with Gasteiger partial charge in [-0.3, -0.25) is 0 Å². The lowest BCUT2D eigenvalue weighted by molar-refractivity contribution is 0.0379. The van der Waals surface area contributed by atoms with Gasteiger partial charge in [0.2, 0.25) is 0 Å². The summed E-state index contributed by atoms with van der Waals surface area (Å²) >= 11 is 0. The summed E-state index contributed by atoms with van der Waals surface area (Å²) in [5, 5.41) is 10.3. The van der Waals surface area contributed by atoms with Crippen LogP contribution in [0, 0.1) is 11.3 Å². The number of allylic oxidation sites excluding steroid dienone is 2. The number of rotatable bonds is 0. The van der Waals surface area contributed by atoms with Gasteiger partial charge in [0.1, 0.15) is 0 Å². The highest BCUT2D eigenvalue weighted by Gasteiger charge is 2.50. The van der Waals surface area contributed by atoms with Gasteiger partial charge in [-0.1, -0.05) is 36.8 Å². The van der Waals surface area contributed by atoms with Crippen LogP contribution in [0.4, 0.5) is 0 Å². The van der Waals surface area contributed by atoms with E-state index in [0.717, 1.165) is 19.3 Å². The number of benzene rings is 1. The average Bonchev–Trinajstić information content (AvgIpc) is 2.75. The van der Waals surface area contributed by atoms with Crippen LogP contribution in [0.25, 0.3) is 5.57 Å². The molecule has 0 radical (unpaired) electrons. The van der Waals surface area contributed by atoms with E-state index in [9.17, 15) is 5.11 Å². The normalized spacial score (nSPS) is 36.7. The Morgan fingerprint density at radius 2 is 1.95 bits per heavy atom. The summed E-state index contributed by atoms with van der Waals surface area (Å²) in [6.07, 6.45) is 6.85. The monoisotopic (exact) mass is 254 g/mol. The van der Waals surface area contributed by atoms with Crippen LogP contribution in [0.2, 0.25) is 0 Å². The van der Waals surface area contributed by atoms with Crippen molar-refractivity contribution in [3.8, 4) is 0 Å². The topological polar surface area (TPSA) is 20.2 Å². The van der Waals surface area contributed by atoms with Gasteiger partial charge >= 0.3 is 0 Å². The Balaban J connectivity index is 1.84. The second-order valence-electron chi connectivity index (χ2n) is 6.81. The zero-order valence-corrected chi connectivity index (χ0v) is 11.7. The Morgan fingerprint density at radius 1 is 1.11 bits per heavy atom. The quantitative estimate of drug-likeness (QED) is 0.743. The van der Waals surface area contributed by atoms with E-state index < -0.39 is 0 Å². The summed E-state index contributed by atoms with van der Waals surface area (Å²) < 4.78 is 0. The van der Waals surface area contributed by atoms with E-state index in [0.29, 0.717) is 5.92 Å². The SMILES string of the molecule is CC12CCC3=C(CCc4ccccc43)C1CCC2O. The van der Waals surface area contributed by atoms with Crippen LogP contribution in [0.3, 0.4) is 0 Å². The predicted octanol–water partition coefficient (Wildman–Crippen LogP) is 3.96. The van der Waals surface area contributed by atoms with E-state index in [1.165, 1.54) is 30.4 Å². The first-order chi connectivity index (χ1) is 9.20. The smallest absolute Gasteiger partial charge is 0.0599 e. The van der Waals surface area contributed by atoms with Crippen LogP contribution in [-0.4, -0.2) is 11.2 Å². The third-order valence-corrected chi connectivity index (χ3v) is 6.01. The first kappa shape index (κ1) is 11.7. The highest BCUT2D eigenvalue weighted by Crippen LogP contribution is 2.57. The van der Waals surface area contributed by atoms with Crippen LogP contribution in [0.15, 0.2) is 29.8 Å². The van der Waals surface area contributed by atoms with Gasteiger partial charge in [0, 0.05) is 5.41 Å². The molecule has 3 aliphatic carbocycles. The van der Waals surface area contributed by atoms with Gasteiger partial charge in [-0.2, -0.15) is 0 Å². The number of hydrogen-bond donors (Lipinski definition) is 1. The maximum atomic E-state index is 10.3. The van der Waals surface area contributed by atoms with Crippen LogP contribution < -0.4 is 0 Å². The molecule has 3 atom stereocenters. The maximum absolute atomic E-state index is 10.3. The molecule has 3 aliphatic rings. The molecule has 1 fully saturated rings. The molecule has 1 aromatic rings. The summed E-state index contributed by atoms with van der Waals surface area (Å²) in [5.74, 6) is 0.639. The zero-order chi connectivity index (χ0) is 13.0. The van der Waals surface area contributed by atoms with Gasteiger partial charge in [0.15, 0.2) is 0 Å². The van der Waals surface area contributed by atoms with Gasteiger partial charge in [-0.05, 0) is 61.1 Å². The van der Waals surface area contributed by atoms with Crippen molar-refractivity contribution in [2.75, 3.05) is 0 Å². The van der Waals surface area contributed by atoms with Crippen molar-refractivity contribution in [3.63, 3.8) is 0 Å². The minimum Gasteiger partial charge on any atom is -0.393 e. The minimum atomic E-state index is -0.0799. The van der Waals surface area contributed by atoms with Crippen LogP contribution in [-0.2, 0) is 6.42 Å². The molecule has 19 heavy (non-hydrogen) atoms. The molecule has 1 aromatic carbocycles. The van der Waals surface area contributed by atoms with Crippen LogP contribution in [0.5, 0.6) is 0 Å². The molecule has 1 saturated carbocycles. The van der Waals surface area contributed by atoms with E-state index in [4.69, 9.17) is 0 Å². The molecule has 100 valence electrons. The van der Waals surface area contributed by atoms with Gasteiger partial charge in [0.25, 0.3) is 0 Å². The second-order valence-corrected chi connectivity index (χ2v) is 6.81. The predicted molar refractivity (Wildman–Crippen MR) is 77.8 cm³/mol. The molecule has 0 amide bonds. The Morgan fingerprint density at radius 3 is 2.84 bits per heavy atom. The Kier molecular flexibility index (Phi) is 2.44. The average molecular weight is 254 g/mol. The van der Waals surface area contributed by atoms with Crippen molar-refractivity contribution in [1.82, 2.24) is 0 Å². The Labute approximate surface area is 115 Å². The van der Waals surface area contributed by atoms with Crippen LogP contribution in [0.1, 0.15) is 50.2 Å². The number of aryl methyl sites for hydroxylation is 1. The fourth-order valence-corrected chi connectivity index (χ4v) is 4.83. The Bertz CT molecular complexity index is 557. The minimum absolute atomic E-state index is 0.0799. The third-order valence-electron chi connectivity index (χ3n) is 6.01. The summed E-state index contributed by atoms with van der Waals surface area (Å²) in [7, 11) is 0. The number of hydrogen-bond acceptors (Lipinski definition) is 1. The van der Waals surface area contributed by atoms with Crippen molar-refractivity contribution in [2.24, 2.45) is 11.3 Å². The standard InChI is InChI=1S/C18H22O/c1-18-11-10-14-13-5-3-2-4-12(13)6-7-15(14)16(18)8-9-17(18)19/h2-5,16-17,19H,6-11H2,1H3. The fourth-order valence-electron chi connectivity index (χ4n) is 4.83. The molecule has 0 aromatic heterocycles. The van der Waals surface area contributed by atoms with Crippen molar-refractivity contribution >= 4 is 5.57 Å². The molecular weight excluding hydrogens is 232 g/mol. The third kappa shape index (κ3) is 1.51. The summed E-state index contributed by atoms with van der Waals surface area (Å²) in [6, 6.07) is 8.93. The first-order valence-corrected chi connectivity index (χ1v) is 7.68. The van der Waals surface area contributed by atoms with Crippen molar-refractivity contribution in [3.05, 3.63) is 41.0 Å². The van der Waals surface area contributed by atoms with Gasteiger partial charge in [-0.25, -0.2) is 0 Å². The number of aliphatic hydroxyl groups is 1. The van der Waals surface area contributed by atoms with Crippen LogP contribution >= 0.6 is 0 Å². The second kappa shape index (κ2) is 3.96. The van der Waals surface area contributed by atoms with Crippen molar-refractivity contribution in [2.45, 2.75) is 51.6 Å². The van der Waals surface area contributed by atoms with Gasteiger partial charge in [0.05, 0.1) is 6.10 Å². The molecule has 3 unspecified atom stereocenters. The summed E-state index contributed by atoms with van der Waals surface area (Å²) in [5.41, 5.74) is 6.50. The van der Waals surface area contributed by atoms with Crippen molar-refractivity contribution < 1.29 is 5.11 Å².